The second kappa shape index (κ2) is 9.00. The van der Waals surface area contributed by atoms with Crippen molar-refractivity contribution < 1.29 is 13.2 Å². The van der Waals surface area contributed by atoms with Crippen LogP contribution in [0.3, 0.4) is 0 Å². The molecule has 0 radical (unpaired) electrons. The summed E-state index contributed by atoms with van der Waals surface area (Å²) in [6.45, 7) is 0.575. The van der Waals surface area contributed by atoms with Crippen LogP contribution in [0.25, 0.3) is 0 Å². The first-order chi connectivity index (χ1) is 11.5. The third-order valence-corrected chi connectivity index (χ3v) is 4.26. The second-order valence-corrected chi connectivity index (χ2v) is 6.70. The van der Waals surface area contributed by atoms with E-state index in [4.69, 9.17) is 16.6 Å². The lowest BCUT2D eigenvalue weighted by Gasteiger charge is -2.23. The molecule has 1 aromatic carbocycles. The van der Waals surface area contributed by atoms with Crippen molar-refractivity contribution in [2.45, 2.75) is 16.7 Å². The summed E-state index contributed by atoms with van der Waals surface area (Å²) >= 11 is 5.79. The van der Waals surface area contributed by atoms with Crippen molar-refractivity contribution in [2.75, 3.05) is 26.0 Å². The van der Waals surface area contributed by atoms with Gasteiger partial charge < -0.3 is 15.1 Å². The summed E-state index contributed by atoms with van der Waals surface area (Å²) in [4.78, 5) is 2.55. The highest BCUT2D eigenvalue weighted by atomic mass is 32.2. The van der Waals surface area contributed by atoms with Crippen molar-refractivity contribution in [1.29, 1.82) is 0 Å². The van der Waals surface area contributed by atoms with Gasteiger partial charge in [0, 0.05) is 17.1 Å². The fraction of sp³-hybridized carbons (Fsp3) is 0.312. The molecule has 0 aliphatic heterocycles. The first-order valence-electron chi connectivity index (χ1n) is 7.25. The molecular weight excluding hydrogens is 352 g/mol. The van der Waals surface area contributed by atoms with Crippen LogP contribution >= 0.6 is 24.0 Å². The number of alkyl halides is 2. The topological polar surface area (TPSA) is 40.4 Å². The van der Waals surface area contributed by atoms with E-state index in [1.54, 1.807) is 30.5 Å². The van der Waals surface area contributed by atoms with Crippen molar-refractivity contribution in [3.63, 3.8) is 0 Å². The summed E-state index contributed by atoms with van der Waals surface area (Å²) in [7, 11) is 3.93. The smallest absolute Gasteiger partial charge is 0.288 e. The molecule has 0 unspecified atom stereocenters. The van der Waals surface area contributed by atoms with Crippen LogP contribution in [0.4, 0.5) is 14.5 Å². The van der Waals surface area contributed by atoms with E-state index in [0.717, 1.165) is 11.4 Å². The minimum atomic E-state index is -2.42. The zero-order valence-electron chi connectivity index (χ0n) is 13.3. The van der Waals surface area contributed by atoms with Gasteiger partial charge in [-0.1, -0.05) is 11.8 Å². The Kier molecular flexibility index (Phi) is 7.01. The summed E-state index contributed by atoms with van der Waals surface area (Å²) in [5.74, 6) is -1.57. The maximum Gasteiger partial charge on any atom is 0.288 e. The molecule has 1 heterocycles. The van der Waals surface area contributed by atoms with Crippen LogP contribution in [-0.2, 0) is 0 Å². The molecule has 1 aromatic heterocycles. The molecule has 2 N–H and O–H groups in total. The van der Waals surface area contributed by atoms with Gasteiger partial charge in [0.2, 0.25) is 0 Å². The van der Waals surface area contributed by atoms with Crippen LogP contribution in [0.5, 0.6) is 0 Å². The van der Waals surface area contributed by atoms with Gasteiger partial charge in [0.25, 0.3) is 5.76 Å². The average molecular weight is 371 g/mol. The molecule has 0 saturated carbocycles. The van der Waals surface area contributed by atoms with Crippen LogP contribution in [0, 0.1) is 0 Å². The maximum absolute atomic E-state index is 12.3. The number of thioether (sulfide) groups is 1. The SMILES string of the molecule is CN(C)[C@@H](CNC(=S)Nc1ccc(SC(F)F)cc1)c1ccco1. The molecule has 0 saturated heterocycles. The van der Waals surface area contributed by atoms with Crippen molar-refractivity contribution in [3.8, 4) is 0 Å². The Morgan fingerprint density at radius 3 is 2.50 bits per heavy atom. The van der Waals surface area contributed by atoms with Gasteiger partial charge >= 0.3 is 0 Å². The van der Waals surface area contributed by atoms with E-state index in [0.29, 0.717) is 28.3 Å². The van der Waals surface area contributed by atoms with Gasteiger partial charge in [0.1, 0.15) is 5.76 Å². The molecule has 2 aromatic rings. The molecule has 24 heavy (non-hydrogen) atoms. The molecule has 0 aliphatic rings. The fourth-order valence-corrected chi connectivity index (χ4v) is 2.80. The van der Waals surface area contributed by atoms with Crippen LogP contribution in [-0.4, -0.2) is 36.4 Å². The van der Waals surface area contributed by atoms with E-state index >= 15 is 0 Å². The van der Waals surface area contributed by atoms with Crippen molar-refractivity contribution in [3.05, 3.63) is 48.4 Å². The Labute approximate surface area is 149 Å². The van der Waals surface area contributed by atoms with Gasteiger partial charge in [0.15, 0.2) is 5.11 Å². The first kappa shape index (κ1) is 18.7. The molecule has 0 spiro atoms. The van der Waals surface area contributed by atoms with Gasteiger partial charge in [-0.05, 0) is 62.7 Å². The van der Waals surface area contributed by atoms with E-state index in [-0.39, 0.29) is 6.04 Å². The highest BCUT2D eigenvalue weighted by Gasteiger charge is 2.17. The number of hydrogen-bond donors (Lipinski definition) is 2. The Hall–Kier alpha value is -1.64. The molecular formula is C16H19F2N3OS2. The molecule has 2 rings (SSSR count). The highest BCUT2D eigenvalue weighted by Crippen LogP contribution is 2.26. The second-order valence-electron chi connectivity index (χ2n) is 5.23. The fourth-order valence-electron chi connectivity index (χ4n) is 2.10. The molecule has 0 amide bonds. The number of halogens is 2. The number of anilines is 1. The van der Waals surface area contributed by atoms with E-state index in [2.05, 4.69) is 10.6 Å². The van der Waals surface area contributed by atoms with Crippen molar-refractivity contribution in [1.82, 2.24) is 10.2 Å². The summed E-state index contributed by atoms with van der Waals surface area (Å²) in [5.41, 5.74) is 0.741. The number of thiocarbonyl (C=S) groups is 1. The predicted octanol–water partition coefficient (Wildman–Crippen LogP) is 4.18. The predicted molar refractivity (Wildman–Crippen MR) is 97.7 cm³/mol. The van der Waals surface area contributed by atoms with Gasteiger partial charge in [-0.3, -0.25) is 4.90 Å². The lowest BCUT2D eigenvalue weighted by atomic mass is 10.2. The molecule has 130 valence electrons. The Bertz CT molecular complexity index is 633. The number of nitrogens with zero attached hydrogens (tertiary/aromatic N) is 1. The lowest BCUT2D eigenvalue weighted by Crippen LogP contribution is -2.36. The van der Waals surface area contributed by atoms with Crippen LogP contribution in [0.1, 0.15) is 11.8 Å². The number of nitrogens with one attached hydrogen (secondary N) is 2. The third kappa shape index (κ3) is 5.77. The minimum absolute atomic E-state index is 0.0459. The quantitative estimate of drug-likeness (QED) is 0.562. The summed E-state index contributed by atoms with van der Waals surface area (Å²) < 4.78 is 30.0. The zero-order valence-corrected chi connectivity index (χ0v) is 15.0. The number of likely N-dealkylation sites (N-methyl/N-ethyl adjacent to an activating group) is 1. The minimum Gasteiger partial charge on any atom is -0.468 e. The van der Waals surface area contributed by atoms with E-state index in [1.807, 2.05) is 31.1 Å². The van der Waals surface area contributed by atoms with E-state index < -0.39 is 5.76 Å². The van der Waals surface area contributed by atoms with Gasteiger partial charge in [-0.25, -0.2) is 0 Å². The Morgan fingerprint density at radius 2 is 1.96 bits per heavy atom. The average Bonchev–Trinajstić information content (AvgIpc) is 3.02. The monoisotopic (exact) mass is 371 g/mol. The van der Waals surface area contributed by atoms with Crippen LogP contribution in [0.2, 0.25) is 0 Å². The molecule has 0 bridgehead atoms. The summed E-state index contributed by atoms with van der Waals surface area (Å²) in [6.07, 6.45) is 1.64. The van der Waals surface area contributed by atoms with Crippen molar-refractivity contribution in [2.24, 2.45) is 0 Å². The largest absolute Gasteiger partial charge is 0.468 e. The van der Waals surface area contributed by atoms with Gasteiger partial charge in [-0.2, -0.15) is 8.78 Å². The summed E-state index contributed by atoms with van der Waals surface area (Å²) in [6, 6.07) is 10.5. The molecule has 0 aliphatic carbocycles. The molecule has 8 heteroatoms. The van der Waals surface area contributed by atoms with Crippen LogP contribution in [0.15, 0.2) is 52.0 Å². The molecule has 4 nitrogen and oxygen atoms in total. The van der Waals surface area contributed by atoms with Gasteiger partial charge in [0.05, 0.1) is 12.3 Å². The number of benzene rings is 1. The number of rotatable bonds is 7. The molecule has 1 atom stereocenters. The number of furan rings is 1. The van der Waals surface area contributed by atoms with Crippen LogP contribution < -0.4 is 10.6 Å². The Balaban J connectivity index is 1.86. The van der Waals surface area contributed by atoms with Crippen molar-refractivity contribution >= 4 is 34.8 Å². The van der Waals surface area contributed by atoms with Gasteiger partial charge in [-0.15, -0.1) is 0 Å². The highest BCUT2D eigenvalue weighted by molar-refractivity contribution is 7.99. The van der Waals surface area contributed by atoms with E-state index in [9.17, 15) is 8.78 Å². The maximum atomic E-state index is 12.3. The zero-order chi connectivity index (χ0) is 17.5. The first-order valence-corrected chi connectivity index (χ1v) is 8.54. The number of hydrogen-bond acceptors (Lipinski definition) is 4. The van der Waals surface area contributed by atoms with E-state index in [1.165, 1.54) is 0 Å². The Morgan fingerprint density at radius 1 is 1.25 bits per heavy atom. The standard InChI is InChI=1S/C16H19F2N3OS2/c1-21(2)13(14-4-3-9-22-14)10-19-16(23)20-11-5-7-12(8-6-11)24-15(17)18/h3-9,13,15H,10H2,1-2H3,(H2,19,20,23)/t13-/m0/s1. The molecule has 0 fully saturated rings. The normalized spacial score (nSPS) is 12.4. The lowest BCUT2D eigenvalue weighted by molar-refractivity contribution is 0.252. The summed E-state index contributed by atoms with van der Waals surface area (Å²) in [5, 5.41) is 6.64. The third-order valence-electron chi connectivity index (χ3n) is 3.29.